The summed E-state index contributed by atoms with van der Waals surface area (Å²) in [5.41, 5.74) is 2.56. The molecule has 0 unspecified atom stereocenters. The molecule has 0 spiro atoms. The van der Waals surface area contributed by atoms with Crippen LogP contribution in [0.3, 0.4) is 0 Å². The van der Waals surface area contributed by atoms with E-state index in [4.69, 9.17) is 0 Å². The number of sulfone groups is 1. The summed E-state index contributed by atoms with van der Waals surface area (Å²) in [5.74, 6) is -3.97. The van der Waals surface area contributed by atoms with Gasteiger partial charge in [0, 0.05) is 27.2 Å². The van der Waals surface area contributed by atoms with Gasteiger partial charge < -0.3 is 5.32 Å². The van der Waals surface area contributed by atoms with Crippen molar-refractivity contribution in [3.8, 4) is 0 Å². The summed E-state index contributed by atoms with van der Waals surface area (Å²) in [6.07, 6.45) is 0. The van der Waals surface area contributed by atoms with Crippen LogP contribution in [0.5, 0.6) is 0 Å². The van der Waals surface area contributed by atoms with Gasteiger partial charge in [-0.3, -0.25) is 4.79 Å². The number of carbonyl (C=O) groups is 1. The lowest BCUT2D eigenvalue weighted by atomic mass is 10.1. The molecule has 29 heavy (non-hydrogen) atoms. The van der Waals surface area contributed by atoms with Gasteiger partial charge in [-0.25, -0.2) is 13.4 Å². The quantitative estimate of drug-likeness (QED) is 0.557. The van der Waals surface area contributed by atoms with E-state index in [1.165, 1.54) is 23.9 Å². The molecule has 0 bridgehead atoms. The summed E-state index contributed by atoms with van der Waals surface area (Å²) >= 11 is 3.09. The summed E-state index contributed by atoms with van der Waals surface area (Å²) < 4.78 is 49.0. The molecule has 0 radical (unpaired) electrons. The Hall–Kier alpha value is -2.30. The van der Waals surface area contributed by atoms with Gasteiger partial charge in [0.15, 0.2) is 4.34 Å². The molecular weight excluding hydrogens is 438 g/mol. The van der Waals surface area contributed by atoms with Crippen molar-refractivity contribution in [2.24, 2.45) is 0 Å². The van der Waals surface area contributed by atoms with Crippen molar-refractivity contribution < 1.29 is 22.0 Å². The Labute approximate surface area is 175 Å². The Morgan fingerprint density at radius 2 is 1.83 bits per heavy atom. The highest BCUT2D eigenvalue weighted by molar-refractivity contribution is 8.01. The van der Waals surface area contributed by atoms with E-state index in [0.29, 0.717) is 5.69 Å². The first kappa shape index (κ1) is 21.4. The number of rotatable bonds is 6. The summed E-state index contributed by atoms with van der Waals surface area (Å²) in [6, 6.07) is 9.96. The Kier molecular flexibility index (Phi) is 6.35. The van der Waals surface area contributed by atoms with Gasteiger partial charge in [0.05, 0.1) is 4.90 Å². The lowest BCUT2D eigenvalue weighted by molar-refractivity contribution is 0.102. The van der Waals surface area contributed by atoms with E-state index < -0.39 is 26.4 Å². The van der Waals surface area contributed by atoms with Gasteiger partial charge in [0.25, 0.3) is 5.91 Å². The number of aromatic nitrogens is 1. The van der Waals surface area contributed by atoms with E-state index in [1.54, 1.807) is 17.4 Å². The van der Waals surface area contributed by atoms with Crippen molar-refractivity contribution in [2.45, 2.75) is 33.7 Å². The molecule has 0 aliphatic rings. The molecule has 0 atom stereocenters. The number of amides is 1. The standard InChI is InChI=1S/C19H16F2N2O3S3/c1-11-9-14(28-19-22-12(2)10-27-19)5-8-16(11)23-17(24)13-3-6-15(7-4-13)29(25,26)18(20)21/h3-10,18H,1-2H3,(H,23,24). The number of carbonyl (C=O) groups excluding carboxylic acids is 1. The van der Waals surface area contributed by atoms with Crippen molar-refractivity contribution in [3.63, 3.8) is 0 Å². The van der Waals surface area contributed by atoms with E-state index in [9.17, 15) is 22.0 Å². The maximum Gasteiger partial charge on any atom is 0.341 e. The van der Waals surface area contributed by atoms with Crippen LogP contribution < -0.4 is 5.32 Å². The number of aryl methyl sites for hydroxylation is 2. The van der Waals surface area contributed by atoms with Crippen LogP contribution >= 0.6 is 23.1 Å². The monoisotopic (exact) mass is 454 g/mol. The third kappa shape index (κ3) is 5.01. The number of nitrogens with zero attached hydrogens (tertiary/aromatic N) is 1. The maximum absolute atomic E-state index is 12.6. The Balaban J connectivity index is 1.72. The summed E-state index contributed by atoms with van der Waals surface area (Å²) in [7, 11) is -4.69. The number of anilines is 1. The normalized spacial score (nSPS) is 11.6. The molecule has 10 heteroatoms. The molecule has 3 aromatic rings. The van der Waals surface area contributed by atoms with Gasteiger partial charge in [0.2, 0.25) is 9.84 Å². The first-order chi connectivity index (χ1) is 13.7. The number of thiazole rings is 1. The fourth-order valence-electron chi connectivity index (χ4n) is 2.41. The lowest BCUT2D eigenvalue weighted by Crippen LogP contribution is -2.14. The van der Waals surface area contributed by atoms with E-state index in [0.717, 1.165) is 32.6 Å². The Morgan fingerprint density at radius 1 is 1.14 bits per heavy atom. The molecule has 2 aromatic carbocycles. The topological polar surface area (TPSA) is 76.1 Å². The minimum atomic E-state index is -4.69. The van der Waals surface area contributed by atoms with Crippen molar-refractivity contribution in [2.75, 3.05) is 5.32 Å². The number of nitrogens with one attached hydrogen (secondary N) is 1. The van der Waals surface area contributed by atoms with Crippen LogP contribution in [0.1, 0.15) is 21.6 Å². The SMILES string of the molecule is Cc1csc(Sc2ccc(NC(=O)c3ccc(S(=O)(=O)C(F)F)cc3)c(C)c2)n1. The number of hydrogen-bond acceptors (Lipinski definition) is 6. The second kappa shape index (κ2) is 8.60. The third-order valence-corrected chi connectivity index (χ3v) is 7.37. The average Bonchev–Trinajstić information content (AvgIpc) is 3.08. The van der Waals surface area contributed by atoms with Gasteiger partial charge in [-0.15, -0.1) is 11.3 Å². The van der Waals surface area contributed by atoms with Crippen LogP contribution in [-0.4, -0.2) is 25.1 Å². The Bertz CT molecular complexity index is 1140. The largest absolute Gasteiger partial charge is 0.341 e. The molecule has 0 saturated carbocycles. The maximum atomic E-state index is 12.6. The molecular formula is C19H16F2N2O3S3. The number of hydrogen-bond donors (Lipinski definition) is 1. The number of alkyl halides is 2. The molecule has 3 rings (SSSR count). The predicted molar refractivity (Wildman–Crippen MR) is 110 cm³/mol. The predicted octanol–water partition coefficient (Wildman–Crippen LogP) is 5.16. The molecule has 0 saturated heterocycles. The fraction of sp³-hybridized carbons (Fsp3) is 0.158. The number of benzene rings is 2. The number of halogens is 2. The average molecular weight is 455 g/mol. The zero-order chi connectivity index (χ0) is 21.2. The first-order valence-electron chi connectivity index (χ1n) is 8.31. The van der Waals surface area contributed by atoms with Crippen molar-refractivity contribution in [1.82, 2.24) is 4.98 Å². The third-order valence-electron chi connectivity index (χ3n) is 3.93. The minimum Gasteiger partial charge on any atom is -0.322 e. The second-order valence-corrected chi connectivity index (χ2v) is 10.2. The summed E-state index contributed by atoms with van der Waals surface area (Å²) in [6.45, 7) is 3.78. The zero-order valence-electron chi connectivity index (χ0n) is 15.3. The van der Waals surface area contributed by atoms with Crippen LogP contribution in [0.25, 0.3) is 0 Å². The smallest absolute Gasteiger partial charge is 0.322 e. The second-order valence-electron chi connectivity index (χ2n) is 6.12. The van der Waals surface area contributed by atoms with Crippen LogP contribution in [0.4, 0.5) is 14.5 Å². The van der Waals surface area contributed by atoms with E-state index in [-0.39, 0.29) is 5.56 Å². The highest BCUT2D eigenvalue weighted by atomic mass is 32.2. The van der Waals surface area contributed by atoms with Gasteiger partial charge in [-0.05, 0) is 61.9 Å². The van der Waals surface area contributed by atoms with Gasteiger partial charge in [0.1, 0.15) is 0 Å². The highest BCUT2D eigenvalue weighted by Crippen LogP contribution is 2.32. The summed E-state index contributed by atoms with van der Waals surface area (Å²) in [5, 5.41) is 4.72. The minimum absolute atomic E-state index is 0.161. The van der Waals surface area contributed by atoms with Crippen LogP contribution in [0.15, 0.2) is 62.0 Å². The zero-order valence-corrected chi connectivity index (χ0v) is 17.8. The molecule has 152 valence electrons. The highest BCUT2D eigenvalue weighted by Gasteiger charge is 2.26. The Morgan fingerprint density at radius 3 is 2.38 bits per heavy atom. The molecule has 5 nitrogen and oxygen atoms in total. The summed E-state index contributed by atoms with van der Waals surface area (Å²) in [4.78, 5) is 17.3. The fourth-order valence-corrected chi connectivity index (χ4v) is 5.04. The van der Waals surface area contributed by atoms with Crippen molar-refractivity contribution in [1.29, 1.82) is 0 Å². The molecule has 0 aliphatic carbocycles. The molecule has 1 aromatic heterocycles. The first-order valence-corrected chi connectivity index (χ1v) is 11.5. The molecule has 0 fully saturated rings. The van der Waals surface area contributed by atoms with Crippen LogP contribution in [-0.2, 0) is 9.84 Å². The van der Waals surface area contributed by atoms with Gasteiger partial charge in [-0.1, -0.05) is 11.8 Å². The molecule has 0 aliphatic heterocycles. The molecule has 1 amide bonds. The van der Waals surface area contributed by atoms with Crippen molar-refractivity contribution in [3.05, 3.63) is 64.7 Å². The van der Waals surface area contributed by atoms with Crippen molar-refractivity contribution >= 4 is 44.5 Å². The van der Waals surface area contributed by atoms with Gasteiger partial charge >= 0.3 is 5.76 Å². The van der Waals surface area contributed by atoms with E-state index in [1.807, 2.05) is 31.4 Å². The molecule has 1 heterocycles. The van der Waals surface area contributed by atoms with Crippen LogP contribution in [0.2, 0.25) is 0 Å². The van der Waals surface area contributed by atoms with Crippen LogP contribution in [0, 0.1) is 13.8 Å². The van der Waals surface area contributed by atoms with E-state index >= 15 is 0 Å². The lowest BCUT2D eigenvalue weighted by Gasteiger charge is -2.10. The van der Waals surface area contributed by atoms with E-state index in [2.05, 4.69) is 10.3 Å². The van der Waals surface area contributed by atoms with Gasteiger partial charge in [-0.2, -0.15) is 8.78 Å². The molecule has 1 N–H and O–H groups in total.